The number of rotatable bonds is 4. The molecule has 0 fully saturated rings. The van der Waals surface area contributed by atoms with E-state index < -0.39 is 0 Å². The van der Waals surface area contributed by atoms with Crippen molar-refractivity contribution in [3.63, 3.8) is 0 Å². The molecule has 1 nitrogen and oxygen atoms in total. The van der Waals surface area contributed by atoms with Gasteiger partial charge in [0.05, 0.1) is 0 Å². The van der Waals surface area contributed by atoms with Crippen molar-refractivity contribution in [2.24, 2.45) is 0 Å². The summed E-state index contributed by atoms with van der Waals surface area (Å²) in [4.78, 5) is 1.18. The second-order valence-corrected chi connectivity index (χ2v) is 5.58. The van der Waals surface area contributed by atoms with E-state index in [2.05, 4.69) is 27.8 Å². The van der Waals surface area contributed by atoms with Crippen LogP contribution in [0.4, 0.5) is 0 Å². The minimum absolute atomic E-state index is 0.613. The highest BCUT2D eigenvalue weighted by molar-refractivity contribution is 9.10. The van der Waals surface area contributed by atoms with Gasteiger partial charge < -0.3 is 5.32 Å². The predicted octanol–water partition coefficient (Wildman–Crippen LogP) is 4.01. The predicted molar refractivity (Wildman–Crippen MR) is 63.7 cm³/mol. The van der Waals surface area contributed by atoms with Gasteiger partial charge in [-0.05, 0) is 22.0 Å². The summed E-state index contributed by atoms with van der Waals surface area (Å²) < 4.78 is 1.72. The summed E-state index contributed by atoms with van der Waals surface area (Å²) in [7, 11) is 0. The number of halogens is 3. The summed E-state index contributed by atoms with van der Waals surface area (Å²) in [5.74, 6) is 0. The van der Waals surface area contributed by atoms with Crippen LogP contribution in [0.5, 0.6) is 0 Å². The van der Waals surface area contributed by atoms with Crippen LogP contribution in [0.3, 0.4) is 0 Å². The molecular weight excluding hydrogens is 293 g/mol. The molecule has 1 aromatic heterocycles. The summed E-state index contributed by atoms with van der Waals surface area (Å²) in [5, 5.41) is 3.75. The normalized spacial score (nSPS) is 10.4. The fourth-order valence-corrected chi connectivity index (χ4v) is 2.65. The van der Waals surface area contributed by atoms with E-state index in [0.29, 0.717) is 11.6 Å². The molecule has 0 saturated heterocycles. The maximum atomic E-state index is 5.87. The van der Waals surface area contributed by atoms with E-state index >= 15 is 0 Å². The molecule has 0 aliphatic heterocycles. The molecule has 0 aliphatic carbocycles. The minimum atomic E-state index is 0.613. The van der Waals surface area contributed by atoms with Gasteiger partial charge in [-0.3, -0.25) is 0 Å². The van der Waals surface area contributed by atoms with E-state index in [0.717, 1.165) is 15.4 Å². The van der Waals surface area contributed by atoms with Gasteiger partial charge in [-0.2, -0.15) is 0 Å². The lowest BCUT2D eigenvalue weighted by Crippen LogP contribution is -2.13. The molecule has 0 unspecified atom stereocenters. The molecule has 72 valence electrons. The first-order valence-corrected chi connectivity index (χ1v) is 5.94. The second kappa shape index (κ2) is 5.37. The molecule has 0 bridgehead atoms. The van der Waals surface area contributed by atoms with Crippen LogP contribution in [0.2, 0.25) is 4.34 Å². The molecule has 0 aliphatic rings. The first kappa shape index (κ1) is 11.5. The zero-order valence-corrected chi connectivity index (χ0v) is 10.7. The van der Waals surface area contributed by atoms with Crippen LogP contribution in [0.25, 0.3) is 0 Å². The maximum Gasteiger partial charge on any atom is 0.107 e. The third-order valence-corrected chi connectivity index (χ3v) is 3.92. The van der Waals surface area contributed by atoms with Crippen molar-refractivity contribution in [2.45, 2.75) is 6.54 Å². The van der Waals surface area contributed by atoms with E-state index in [-0.39, 0.29) is 0 Å². The largest absolute Gasteiger partial charge is 0.307 e. The Labute approximate surface area is 99.9 Å². The highest BCUT2D eigenvalue weighted by Gasteiger charge is 2.03. The van der Waals surface area contributed by atoms with E-state index in [1.807, 2.05) is 6.07 Å². The summed E-state index contributed by atoms with van der Waals surface area (Å²) >= 11 is 16.4. The number of nitrogens with one attached hydrogen (secondary N) is 1. The smallest absolute Gasteiger partial charge is 0.107 e. The van der Waals surface area contributed by atoms with Crippen LogP contribution in [0.1, 0.15) is 4.88 Å². The Morgan fingerprint density at radius 3 is 2.85 bits per heavy atom. The van der Waals surface area contributed by atoms with Crippen LogP contribution in [0, 0.1) is 0 Å². The van der Waals surface area contributed by atoms with Gasteiger partial charge >= 0.3 is 0 Å². The molecule has 5 heteroatoms. The number of thiophene rings is 1. The Bertz CT molecular complexity index is 292. The van der Waals surface area contributed by atoms with Crippen LogP contribution in [-0.2, 0) is 6.54 Å². The molecule has 0 amide bonds. The molecular formula is C8H8BrCl2NS. The monoisotopic (exact) mass is 299 g/mol. The summed E-state index contributed by atoms with van der Waals surface area (Å²) in [6.07, 6.45) is 0. The van der Waals surface area contributed by atoms with Gasteiger partial charge in [0, 0.05) is 27.5 Å². The molecule has 0 radical (unpaired) electrons. The Hall–Kier alpha value is 0.460. The van der Waals surface area contributed by atoms with Gasteiger partial charge in [-0.15, -0.1) is 11.3 Å². The van der Waals surface area contributed by atoms with Crippen LogP contribution >= 0.6 is 50.5 Å². The first-order chi connectivity index (χ1) is 6.09. The highest BCUT2D eigenvalue weighted by Crippen LogP contribution is 2.31. The van der Waals surface area contributed by atoms with Crippen molar-refractivity contribution in [3.8, 4) is 0 Å². The van der Waals surface area contributed by atoms with E-state index in [1.54, 1.807) is 11.3 Å². The fraction of sp³-hybridized carbons (Fsp3) is 0.250. The average Bonchev–Trinajstić information content (AvgIpc) is 2.30. The van der Waals surface area contributed by atoms with Crippen LogP contribution in [0.15, 0.2) is 22.2 Å². The van der Waals surface area contributed by atoms with Gasteiger partial charge in [-0.25, -0.2) is 0 Å². The summed E-state index contributed by atoms with van der Waals surface area (Å²) in [5.41, 5.74) is 0. The standard InChI is InChI=1S/C8H8BrCl2NS/c1-5(10)3-12-4-6-2-7(9)8(11)13-6/h2,12H,1,3-4H2. The van der Waals surface area contributed by atoms with Crippen molar-refractivity contribution in [1.82, 2.24) is 5.32 Å². The van der Waals surface area contributed by atoms with Crippen molar-refractivity contribution < 1.29 is 0 Å². The van der Waals surface area contributed by atoms with E-state index in [1.165, 1.54) is 4.88 Å². The maximum absolute atomic E-state index is 5.87. The average molecular weight is 301 g/mol. The van der Waals surface area contributed by atoms with Crippen LogP contribution < -0.4 is 5.32 Å². The third kappa shape index (κ3) is 4.00. The van der Waals surface area contributed by atoms with Gasteiger partial charge in [0.15, 0.2) is 0 Å². The topological polar surface area (TPSA) is 12.0 Å². The SMILES string of the molecule is C=C(Cl)CNCc1cc(Br)c(Cl)s1. The lowest BCUT2D eigenvalue weighted by atomic mass is 10.4. The Kier molecular flexibility index (Phi) is 4.76. The van der Waals surface area contributed by atoms with Crippen molar-refractivity contribution in [3.05, 3.63) is 31.4 Å². The Morgan fingerprint density at radius 1 is 1.69 bits per heavy atom. The summed E-state index contributed by atoms with van der Waals surface area (Å²) in [6, 6.07) is 2.00. The molecule has 1 aromatic rings. The number of hydrogen-bond acceptors (Lipinski definition) is 2. The number of hydrogen-bond donors (Lipinski definition) is 1. The van der Waals surface area contributed by atoms with Crippen molar-refractivity contribution in [2.75, 3.05) is 6.54 Å². The van der Waals surface area contributed by atoms with Crippen molar-refractivity contribution >= 4 is 50.5 Å². The van der Waals surface area contributed by atoms with Gasteiger partial charge in [0.25, 0.3) is 0 Å². The third-order valence-electron chi connectivity index (χ3n) is 1.31. The zero-order chi connectivity index (χ0) is 9.84. The van der Waals surface area contributed by atoms with E-state index in [9.17, 15) is 0 Å². The second-order valence-electron chi connectivity index (χ2n) is 2.46. The molecule has 1 heterocycles. The molecule has 0 spiro atoms. The summed E-state index contributed by atoms with van der Waals surface area (Å²) in [6.45, 7) is 4.97. The molecule has 0 atom stereocenters. The quantitative estimate of drug-likeness (QED) is 0.886. The van der Waals surface area contributed by atoms with Crippen LogP contribution in [-0.4, -0.2) is 6.54 Å². The van der Waals surface area contributed by atoms with Gasteiger partial charge in [0.2, 0.25) is 0 Å². The van der Waals surface area contributed by atoms with Gasteiger partial charge in [-0.1, -0.05) is 29.8 Å². The van der Waals surface area contributed by atoms with E-state index in [4.69, 9.17) is 23.2 Å². The molecule has 0 saturated carbocycles. The fourth-order valence-electron chi connectivity index (χ4n) is 0.800. The zero-order valence-electron chi connectivity index (χ0n) is 6.74. The highest BCUT2D eigenvalue weighted by atomic mass is 79.9. The lowest BCUT2D eigenvalue weighted by Gasteiger charge is -1.99. The molecule has 1 rings (SSSR count). The first-order valence-electron chi connectivity index (χ1n) is 3.57. The lowest BCUT2D eigenvalue weighted by molar-refractivity contribution is 0.765. The Morgan fingerprint density at radius 2 is 2.38 bits per heavy atom. The Balaban J connectivity index is 2.41. The minimum Gasteiger partial charge on any atom is -0.307 e. The van der Waals surface area contributed by atoms with Crippen molar-refractivity contribution in [1.29, 1.82) is 0 Å². The van der Waals surface area contributed by atoms with Gasteiger partial charge in [0.1, 0.15) is 4.34 Å². The molecule has 1 N–H and O–H groups in total. The molecule has 0 aromatic carbocycles. The molecule has 13 heavy (non-hydrogen) atoms.